The van der Waals surface area contributed by atoms with Crippen LogP contribution in [0.15, 0.2) is 76.6 Å². The minimum absolute atomic E-state index is 0.126. The van der Waals surface area contributed by atoms with Crippen LogP contribution < -0.4 is 9.64 Å². The number of methoxy groups -OCH3 is 1. The number of carbonyl (C=O) groups excluding carboxylic acids is 2. The molecular formula is C29H27IN2O4S. The van der Waals surface area contributed by atoms with Gasteiger partial charge in [-0.1, -0.05) is 44.2 Å². The quantitative estimate of drug-likeness (QED) is 0.157. The number of halogens is 1. The second-order valence-electron chi connectivity index (χ2n) is 8.24. The Kier molecular flexibility index (Phi) is 9.04. The van der Waals surface area contributed by atoms with Crippen LogP contribution in [-0.2, 0) is 27.2 Å². The van der Waals surface area contributed by atoms with Crippen LogP contribution in [0.4, 0.5) is 11.4 Å². The Bertz CT molecular complexity index is 1350. The lowest BCUT2D eigenvalue weighted by Gasteiger charge is -2.16. The van der Waals surface area contributed by atoms with Crippen molar-refractivity contribution in [3.8, 4) is 5.75 Å². The first kappa shape index (κ1) is 26.9. The van der Waals surface area contributed by atoms with Gasteiger partial charge >= 0.3 is 5.97 Å². The van der Waals surface area contributed by atoms with Crippen LogP contribution in [0.3, 0.4) is 0 Å². The molecule has 1 saturated heterocycles. The topological polar surface area (TPSA) is 68.2 Å². The van der Waals surface area contributed by atoms with Crippen molar-refractivity contribution in [2.45, 2.75) is 26.7 Å². The summed E-state index contributed by atoms with van der Waals surface area (Å²) in [6, 6.07) is 21.6. The summed E-state index contributed by atoms with van der Waals surface area (Å²) >= 11 is 3.50. The minimum atomic E-state index is -0.446. The molecule has 3 aromatic rings. The first-order valence-electron chi connectivity index (χ1n) is 11.9. The average molecular weight is 627 g/mol. The Hall–Kier alpha value is -3.11. The maximum atomic E-state index is 13.6. The zero-order valence-corrected chi connectivity index (χ0v) is 23.8. The van der Waals surface area contributed by atoms with Crippen molar-refractivity contribution in [1.82, 2.24) is 0 Å². The normalized spacial score (nSPS) is 15.5. The summed E-state index contributed by atoms with van der Waals surface area (Å²) in [6.45, 7) is 4.06. The van der Waals surface area contributed by atoms with Gasteiger partial charge in [0.1, 0.15) is 5.75 Å². The van der Waals surface area contributed by atoms with E-state index in [-0.39, 0.29) is 12.5 Å². The van der Waals surface area contributed by atoms with E-state index in [1.165, 1.54) is 30.0 Å². The van der Waals surface area contributed by atoms with E-state index in [1.54, 1.807) is 11.0 Å². The summed E-state index contributed by atoms with van der Waals surface area (Å²) in [6.07, 6.45) is 3.74. The molecule has 1 heterocycles. The molecule has 37 heavy (non-hydrogen) atoms. The molecule has 8 heteroatoms. The third kappa shape index (κ3) is 6.61. The third-order valence-corrected chi connectivity index (χ3v) is 7.62. The van der Waals surface area contributed by atoms with Gasteiger partial charge in [-0.05, 0) is 106 Å². The van der Waals surface area contributed by atoms with Gasteiger partial charge in [-0.15, -0.1) is 0 Å². The summed E-state index contributed by atoms with van der Waals surface area (Å²) in [4.78, 5) is 32.1. The number of anilines is 1. The van der Waals surface area contributed by atoms with Gasteiger partial charge in [0.05, 0.1) is 27.0 Å². The summed E-state index contributed by atoms with van der Waals surface area (Å²) in [5.74, 6) is 0.00586. The predicted molar refractivity (Wildman–Crippen MR) is 158 cm³/mol. The fourth-order valence-corrected chi connectivity index (χ4v) is 5.34. The Morgan fingerprint density at radius 3 is 2.24 bits per heavy atom. The van der Waals surface area contributed by atoms with Gasteiger partial charge in [-0.25, -0.2) is 9.79 Å². The number of hydrogen-bond donors (Lipinski definition) is 0. The largest absolute Gasteiger partial charge is 0.481 e. The Morgan fingerprint density at radius 1 is 1.00 bits per heavy atom. The first-order valence-corrected chi connectivity index (χ1v) is 13.8. The van der Waals surface area contributed by atoms with Gasteiger partial charge in [0.25, 0.3) is 5.91 Å². The first-order chi connectivity index (χ1) is 17.9. The van der Waals surface area contributed by atoms with Crippen molar-refractivity contribution in [3.05, 3.63) is 91.9 Å². The Labute approximate surface area is 234 Å². The molecule has 190 valence electrons. The van der Waals surface area contributed by atoms with E-state index >= 15 is 0 Å². The van der Waals surface area contributed by atoms with Gasteiger partial charge in [0.15, 0.2) is 11.8 Å². The van der Waals surface area contributed by atoms with E-state index < -0.39 is 5.97 Å². The Balaban J connectivity index is 1.66. The zero-order chi connectivity index (χ0) is 26.4. The number of amidine groups is 1. The van der Waals surface area contributed by atoms with Crippen molar-refractivity contribution in [2.75, 3.05) is 18.6 Å². The van der Waals surface area contributed by atoms with Crippen LogP contribution in [0.5, 0.6) is 5.75 Å². The maximum absolute atomic E-state index is 13.6. The lowest BCUT2D eigenvalue weighted by Crippen LogP contribution is -2.28. The van der Waals surface area contributed by atoms with Crippen LogP contribution in [0.25, 0.3) is 6.08 Å². The van der Waals surface area contributed by atoms with Crippen LogP contribution in [0, 0.1) is 3.57 Å². The van der Waals surface area contributed by atoms with Crippen LogP contribution in [0.1, 0.15) is 30.5 Å². The molecule has 1 aliphatic rings. The molecule has 4 rings (SSSR count). The molecule has 1 fully saturated rings. The number of aliphatic imine (C=N–C) groups is 1. The number of ether oxygens (including phenoxy) is 2. The number of thioether (sulfide) groups is 1. The van der Waals surface area contributed by atoms with Crippen molar-refractivity contribution >= 4 is 68.8 Å². The number of aryl methyl sites for hydroxylation is 2. The summed E-state index contributed by atoms with van der Waals surface area (Å²) in [7, 11) is 1.32. The number of benzene rings is 3. The van der Waals surface area contributed by atoms with Gasteiger partial charge < -0.3 is 9.47 Å². The van der Waals surface area contributed by atoms with Crippen molar-refractivity contribution in [2.24, 2.45) is 4.99 Å². The van der Waals surface area contributed by atoms with Crippen LogP contribution >= 0.6 is 34.4 Å². The smallest absolute Gasteiger partial charge is 0.343 e. The van der Waals surface area contributed by atoms with E-state index in [4.69, 9.17) is 9.73 Å². The molecule has 1 amide bonds. The molecule has 6 nitrogen and oxygen atoms in total. The highest BCUT2D eigenvalue weighted by Crippen LogP contribution is 2.38. The standard InChI is InChI=1S/C29H27IN2O4S/c1-4-19-6-11-22(12-7-19)31-29-32(23-13-8-20(5-2)9-14-23)28(34)26(37-29)17-21-10-15-25(24(30)16-21)36-18-27(33)35-3/h6-17H,4-5,18H2,1-3H3/b26-17-,31-29?. The molecule has 0 aliphatic carbocycles. The van der Waals surface area contributed by atoms with E-state index in [0.717, 1.165) is 33.4 Å². The van der Waals surface area contributed by atoms with Gasteiger partial charge in [-0.3, -0.25) is 9.69 Å². The molecule has 0 radical (unpaired) electrons. The van der Waals surface area contributed by atoms with Crippen molar-refractivity contribution < 1.29 is 19.1 Å². The second-order valence-corrected chi connectivity index (χ2v) is 10.4. The average Bonchev–Trinajstić information content (AvgIpc) is 3.22. The van der Waals surface area contributed by atoms with E-state index in [9.17, 15) is 9.59 Å². The van der Waals surface area contributed by atoms with E-state index in [2.05, 4.69) is 53.3 Å². The highest BCUT2D eigenvalue weighted by molar-refractivity contribution is 14.1. The zero-order valence-electron chi connectivity index (χ0n) is 20.9. The van der Waals surface area contributed by atoms with Gasteiger partial charge in [0, 0.05) is 0 Å². The number of hydrogen-bond acceptors (Lipinski definition) is 6. The summed E-state index contributed by atoms with van der Waals surface area (Å²) in [5.41, 5.74) is 4.87. The summed E-state index contributed by atoms with van der Waals surface area (Å²) < 4.78 is 11.0. The molecule has 0 spiro atoms. The fourth-order valence-electron chi connectivity index (χ4n) is 3.64. The van der Waals surface area contributed by atoms with Gasteiger partial charge in [0.2, 0.25) is 0 Å². The lowest BCUT2D eigenvalue weighted by atomic mass is 10.1. The second kappa shape index (κ2) is 12.4. The number of rotatable bonds is 8. The minimum Gasteiger partial charge on any atom is -0.481 e. The molecule has 0 N–H and O–H groups in total. The van der Waals surface area contributed by atoms with Crippen molar-refractivity contribution in [3.63, 3.8) is 0 Å². The monoisotopic (exact) mass is 626 g/mol. The molecule has 1 aliphatic heterocycles. The third-order valence-electron chi connectivity index (χ3n) is 5.81. The SMILES string of the molecule is CCc1ccc(N=C2S/C(=C\c3ccc(OCC(=O)OC)c(I)c3)C(=O)N2c2ccc(CC)cc2)cc1. The highest BCUT2D eigenvalue weighted by Gasteiger charge is 2.34. The number of esters is 1. The molecular weight excluding hydrogens is 599 g/mol. The fraction of sp³-hybridized carbons (Fsp3) is 0.207. The molecule has 0 unspecified atom stereocenters. The van der Waals surface area contributed by atoms with E-state index in [0.29, 0.717) is 15.8 Å². The summed E-state index contributed by atoms with van der Waals surface area (Å²) in [5, 5.41) is 0.609. The van der Waals surface area contributed by atoms with E-state index in [1.807, 2.05) is 54.6 Å². The van der Waals surface area contributed by atoms with Crippen LogP contribution in [0.2, 0.25) is 0 Å². The maximum Gasteiger partial charge on any atom is 0.343 e. The molecule has 0 atom stereocenters. The number of amides is 1. The number of nitrogens with zero attached hydrogens (tertiary/aromatic N) is 2. The lowest BCUT2D eigenvalue weighted by molar-refractivity contribution is -0.142. The number of carbonyl (C=O) groups is 2. The predicted octanol–water partition coefficient (Wildman–Crippen LogP) is 6.78. The highest BCUT2D eigenvalue weighted by atomic mass is 127. The van der Waals surface area contributed by atoms with Crippen LogP contribution in [-0.4, -0.2) is 30.8 Å². The van der Waals surface area contributed by atoms with Crippen molar-refractivity contribution in [1.29, 1.82) is 0 Å². The molecule has 0 bridgehead atoms. The molecule has 0 aromatic heterocycles. The molecule has 0 saturated carbocycles. The van der Waals surface area contributed by atoms with Gasteiger partial charge in [-0.2, -0.15) is 0 Å². The molecule has 3 aromatic carbocycles. The Morgan fingerprint density at radius 2 is 1.65 bits per heavy atom.